The highest BCUT2D eigenvalue weighted by Crippen LogP contribution is 2.27. The predicted molar refractivity (Wildman–Crippen MR) is 94.9 cm³/mol. The molecule has 0 aromatic heterocycles. The molecule has 23 heavy (non-hydrogen) atoms. The lowest BCUT2D eigenvalue weighted by molar-refractivity contribution is -0.377. The molecule has 0 aliphatic heterocycles. The zero-order valence-electron chi connectivity index (χ0n) is 15.9. The Kier molecular flexibility index (Phi) is 15.5. The average molecular weight is 331 g/mol. The summed E-state index contributed by atoms with van der Waals surface area (Å²) in [5.74, 6) is -1.06. The summed E-state index contributed by atoms with van der Waals surface area (Å²) in [5, 5.41) is 0. The van der Waals surface area contributed by atoms with Gasteiger partial charge in [-0.2, -0.15) is 0 Å². The highest BCUT2D eigenvalue weighted by molar-refractivity contribution is 5.90. The van der Waals surface area contributed by atoms with Gasteiger partial charge in [0.05, 0.1) is 0 Å². The number of methoxy groups -OCH3 is 3. The van der Waals surface area contributed by atoms with Crippen molar-refractivity contribution in [2.24, 2.45) is 11.7 Å². The van der Waals surface area contributed by atoms with E-state index in [1.54, 1.807) is 28.3 Å². The maximum Gasteiger partial charge on any atom is 0.284 e. The minimum Gasteiger partial charge on any atom is -0.366 e. The first-order valence-corrected chi connectivity index (χ1v) is 8.41. The summed E-state index contributed by atoms with van der Waals surface area (Å²) in [6.07, 6.45) is 8.92. The molecule has 5 heteroatoms. The number of carbonyl (C=O) groups is 1. The Bertz CT molecular complexity index is 294. The minimum absolute atomic E-state index is 0.244. The van der Waals surface area contributed by atoms with Crippen molar-refractivity contribution in [1.82, 2.24) is 0 Å². The van der Waals surface area contributed by atoms with Crippen LogP contribution in [0.15, 0.2) is 12.2 Å². The normalized spacial score (nSPS) is 12.3. The van der Waals surface area contributed by atoms with E-state index in [2.05, 4.69) is 20.4 Å². The van der Waals surface area contributed by atoms with Crippen LogP contribution in [0.2, 0.25) is 0 Å². The van der Waals surface area contributed by atoms with Gasteiger partial charge in [0.15, 0.2) is 0 Å². The first-order chi connectivity index (χ1) is 10.8. The van der Waals surface area contributed by atoms with E-state index in [1.165, 1.54) is 38.5 Å². The first-order valence-electron chi connectivity index (χ1n) is 8.41. The fraction of sp³-hybridized carbons (Fsp3) is 0.833. The van der Waals surface area contributed by atoms with E-state index in [9.17, 15) is 4.79 Å². The van der Waals surface area contributed by atoms with Gasteiger partial charge < -0.3 is 19.9 Å². The molecule has 1 amide bonds. The van der Waals surface area contributed by atoms with Crippen molar-refractivity contribution >= 4 is 5.91 Å². The monoisotopic (exact) mass is 331 g/mol. The van der Waals surface area contributed by atoms with Crippen LogP contribution in [0.25, 0.3) is 0 Å². The summed E-state index contributed by atoms with van der Waals surface area (Å²) in [6, 6.07) is 0. The summed E-state index contributed by atoms with van der Waals surface area (Å²) >= 11 is 0. The first kappa shape index (κ1) is 24.3. The zero-order valence-corrected chi connectivity index (χ0v) is 15.9. The second-order valence-corrected chi connectivity index (χ2v) is 5.82. The van der Waals surface area contributed by atoms with Crippen molar-refractivity contribution in [2.75, 3.05) is 21.3 Å². The number of hydrogen-bond donors (Lipinski definition) is 1. The van der Waals surface area contributed by atoms with Gasteiger partial charge in [0.2, 0.25) is 5.91 Å². The third-order valence-corrected chi connectivity index (χ3v) is 3.87. The lowest BCUT2D eigenvalue weighted by atomic mass is 9.99. The van der Waals surface area contributed by atoms with Gasteiger partial charge in [0.25, 0.3) is 5.97 Å². The smallest absolute Gasteiger partial charge is 0.284 e. The van der Waals surface area contributed by atoms with Crippen LogP contribution in [0, 0.1) is 5.92 Å². The van der Waals surface area contributed by atoms with Crippen LogP contribution >= 0.6 is 0 Å². The largest absolute Gasteiger partial charge is 0.366 e. The van der Waals surface area contributed by atoms with Crippen molar-refractivity contribution in [3.05, 3.63) is 12.2 Å². The van der Waals surface area contributed by atoms with E-state index >= 15 is 0 Å². The lowest BCUT2D eigenvalue weighted by Gasteiger charge is -2.34. The van der Waals surface area contributed by atoms with Crippen molar-refractivity contribution in [3.63, 3.8) is 0 Å². The highest BCUT2D eigenvalue weighted by Gasteiger charge is 2.36. The van der Waals surface area contributed by atoms with E-state index in [0.29, 0.717) is 5.57 Å². The summed E-state index contributed by atoms with van der Waals surface area (Å²) in [4.78, 5) is 9.82. The standard InChI is InChI=1S/C14H30O3.C4H7NO/c1-6-7-8-9-10-11-12-13(2)14(15-3,16-4)17-5;1-3(2)4(5)6/h13H,6-12H2,1-5H3;1H2,2H3,(H2,5,6). The Hall–Kier alpha value is -0.910. The average Bonchev–Trinajstić information content (AvgIpc) is 2.53. The number of nitrogens with two attached hydrogens (primary N) is 1. The molecule has 0 rings (SSSR count). The number of amides is 1. The molecule has 0 spiro atoms. The van der Waals surface area contributed by atoms with Gasteiger partial charge in [-0.1, -0.05) is 59.0 Å². The Morgan fingerprint density at radius 3 is 1.78 bits per heavy atom. The van der Waals surface area contributed by atoms with E-state index in [1.807, 2.05) is 0 Å². The molecular weight excluding hydrogens is 294 g/mol. The van der Waals surface area contributed by atoms with Crippen molar-refractivity contribution < 1.29 is 19.0 Å². The van der Waals surface area contributed by atoms with Gasteiger partial charge in [-0.05, 0) is 13.3 Å². The van der Waals surface area contributed by atoms with Crippen molar-refractivity contribution in [3.8, 4) is 0 Å². The summed E-state index contributed by atoms with van der Waals surface area (Å²) < 4.78 is 16.0. The van der Waals surface area contributed by atoms with E-state index in [-0.39, 0.29) is 5.92 Å². The van der Waals surface area contributed by atoms with Crippen molar-refractivity contribution in [2.45, 2.75) is 71.7 Å². The third kappa shape index (κ3) is 11.3. The van der Waals surface area contributed by atoms with E-state index < -0.39 is 11.9 Å². The zero-order chi connectivity index (χ0) is 18.3. The fourth-order valence-corrected chi connectivity index (χ4v) is 2.26. The van der Waals surface area contributed by atoms with E-state index in [0.717, 1.165) is 6.42 Å². The van der Waals surface area contributed by atoms with Gasteiger partial charge in [0.1, 0.15) is 0 Å². The lowest BCUT2D eigenvalue weighted by Crippen LogP contribution is -2.42. The van der Waals surface area contributed by atoms with Gasteiger partial charge >= 0.3 is 0 Å². The molecule has 1 unspecified atom stereocenters. The molecule has 0 radical (unpaired) electrons. The van der Waals surface area contributed by atoms with Gasteiger partial charge in [0, 0.05) is 32.8 Å². The second kappa shape index (κ2) is 14.7. The molecule has 0 saturated heterocycles. The van der Waals surface area contributed by atoms with Crippen LogP contribution in [-0.2, 0) is 19.0 Å². The van der Waals surface area contributed by atoms with Gasteiger partial charge in [-0.15, -0.1) is 0 Å². The molecule has 0 fully saturated rings. The summed E-state index contributed by atoms with van der Waals surface area (Å²) in [6.45, 7) is 9.21. The maximum absolute atomic E-state index is 9.82. The van der Waals surface area contributed by atoms with Crippen LogP contribution in [0.1, 0.15) is 65.7 Å². The van der Waals surface area contributed by atoms with Crippen LogP contribution in [0.3, 0.4) is 0 Å². The molecule has 0 aliphatic rings. The highest BCUT2D eigenvalue weighted by atomic mass is 16.9. The third-order valence-electron chi connectivity index (χ3n) is 3.87. The molecular formula is C18H37NO4. The molecule has 0 aliphatic carbocycles. The summed E-state index contributed by atoms with van der Waals surface area (Å²) in [5.41, 5.74) is 5.09. The number of carbonyl (C=O) groups excluding carboxylic acids is 1. The number of unbranched alkanes of at least 4 members (excludes halogenated alkanes) is 5. The molecule has 5 nitrogen and oxygen atoms in total. The molecule has 2 N–H and O–H groups in total. The Morgan fingerprint density at radius 2 is 1.43 bits per heavy atom. The minimum atomic E-state index is -0.872. The van der Waals surface area contributed by atoms with Crippen LogP contribution in [0.5, 0.6) is 0 Å². The molecule has 0 bridgehead atoms. The molecule has 0 aromatic carbocycles. The Labute approximate surface area is 142 Å². The molecule has 0 heterocycles. The number of rotatable bonds is 12. The van der Waals surface area contributed by atoms with Gasteiger partial charge in [-0.25, -0.2) is 0 Å². The predicted octanol–water partition coefficient (Wildman–Crippen LogP) is 4.01. The summed E-state index contributed by atoms with van der Waals surface area (Å²) in [7, 11) is 4.89. The van der Waals surface area contributed by atoms with Crippen molar-refractivity contribution in [1.29, 1.82) is 0 Å². The molecule has 1 atom stereocenters. The SMILES string of the molecule is C=C(C)C(N)=O.CCCCCCCCC(C)C(OC)(OC)OC. The quantitative estimate of drug-likeness (QED) is 0.333. The molecule has 138 valence electrons. The Morgan fingerprint density at radius 1 is 1.04 bits per heavy atom. The number of ether oxygens (including phenoxy) is 3. The van der Waals surface area contributed by atoms with E-state index in [4.69, 9.17) is 19.9 Å². The van der Waals surface area contributed by atoms with Crippen LogP contribution in [0.4, 0.5) is 0 Å². The molecule has 0 saturated carbocycles. The van der Waals surface area contributed by atoms with Crippen LogP contribution < -0.4 is 5.73 Å². The van der Waals surface area contributed by atoms with Crippen LogP contribution in [-0.4, -0.2) is 33.2 Å². The second-order valence-electron chi connectivity index (χ2n) is 5.82. The maximum atomic E-state index is 9.82. The number of hydrogen-bond acceptors (Lipinski definition) is 4. The van der Waals surface area contributed by atoms with Gasteiger partial charge in [-0.3, -0.25) is 4.79 Å². The molecule has 0 aromatic rings. The topological polar surface area (TPSA) is 70.8 Å². The number of primary amides is 1. The fourth-order valence-electron chi connectivity index (χ4n) is 2.26. The Balaban J connectivity index is 0.